The molecule has 278 valence electrons. The summed E-state index contributed by atoms with van der Waals surface area (Å²) in [5.74, 6) is -0.0563. The zero-order chi connectivity index (χ0) is 38.3. The number of benzene rings is 6. The number of fused-ring (bicyclic) bond motifs is 2. The average molecular weight is 734 g/mol. The molecule has 9 heteroatoms. The topological polar surface area (TPSA) is 140 Å². The van der Waals surface area contributed by atoms with E-state index in [2.05, 4.69) is 65.2 Å². The normalized spacial score (nSPS) is 18.1. The summed E-state index contributed by atoms with van der Waals surface area (Å²) in [6.45, 7) is 3.56. The Morgan fingerprint density at radius 1 is 0.709 bits per heavy atom. The van der Waals surface area contributed by atoms with Crippen LogP contribution in [0.2, 0.25) is 0 Å². The molecule has 0 bridgehead atoms. The van der Waals surface area contributed by atoms with Crippen molar-refractivity contribution < 1.29 is 29.0 Å². The molecule has 2 fully saturated rings. The second kappa shape index (κ2) is 14.2. The van der Waals surface area contributed by atoms with E-state index in [1.807, 2.05) is 50.2 Å². The molecule has 55 heavy (non-hydrogen) atoms. The second-order valence-electron chi connectivity index (χ2n) is 14.8. The maximum absolute atomic E-state index is 14.2. The number of ether oxygens (including phenoxy) is 2. The first-order valence-electron chi connectivity index (χ1n) is 18.6. The van der Waals surface area contributed by atoms with Crippen LogP contribution in [0.5, 0.6) is 11.5 Å². The number of primary amides is 1. The average Bonchev–Trinajstić information content (AvgIpc) is 4.13. The third-order valence-corrected chi connectivity index (χ3v) is 11.1. The highest BCUT2D eigenvalue weighted by Crippen LogP contribution is 2.60. The molecule has 0 radical (unpaired) electrons. The van der Waals surface area contributed by atoms with E-state index in [-0.39, 0.29) is 37.6 Å². The zero-order valence-corrected chi connectivity index (χ0v) is 30.9. The highest BCUT2D eigenvalue weighted by Gasteiger charge is 2.58. The summed E-state index contributed by atoms with van der Waals surface area (Å²) >= 11 is 0. The van der Waals surface area contributed by atoms with E-state index in [9.17, 15) is 19.5 Å². The summed E-state index contributed by atoms with van der Waals surface area (Å²) in [6.07, 6.45) is 2.36. The molecule has 2 unspecified atom stereocenters. The number of nitrogens with one attached hydrogen (secondary N) is 2. The molecular weight excluding hydrogens is 691 g/mol. The first-order valence-corrected chi connectivity index (χ1v) is 18.6. The molecule has 3 amide bonds. The van der Waals surface area contributed by atoms with Gasteiger partial charge in [-0.1, -0.05) is 91.0 Å². The molecule has 2 aliphatic carbocycles. The predicted octanol–water partition coefficient (Wildman–Crippen LogP) is 7.08. The molecule has 2 saturated carbocycles. The van der Waals surface area contributed by atoms with Crippen LogP contribution in [0.15, 0.2) is 115 Å². The van der Waals surface area contributed by atoms with E-state index in [1.54, 1.807) is 24.3 Å². The maximum atomic E-state index is 14.2. The first-order chi connectivity index (χ1) is 26.6. The molecule has 0 aliphatic heterocycles. The van der Waals surface area contributed by atoms with Gasteiger partial charge in [-0.3, -0.25) is 14.4 Å². The van der Waals surface area contributed by atoms with Gasteiger partial charge in [-0.05, 0) is 107 Å². The Balaban J connectivity index is 1.12. The van der Waals surface area contributed by atoms with Crippen LogP contribution in [0, 0.1) is 13.8 Å². The fourth-order valence-electron chi connectivity index (χ4n) is 8.05. The van der Waals surface area contributed by atoms with Crippen LogP contribution in [-0.2, 0) is 15.9 Å². The summed E-state index contributed by atoms with van der Waals surface area (Å²) in [5.41, 5.74) is 10.0. The lowest BCUT2D eigenvalue weighted by Gasteiger charge is -2.24. The number of hydrogen-bond acceptors (Lipinski definition) is 6. The monoisotopic (exact) mass is 733 g/mol. The summed E-state index contributed by atoms with van der Waals surface area (Å²) < 4.78 is 11.1. The zero-order valence-electron chi connectivity index (χ0n) is 30.9. The molecule has 0 saturated heterocycles. The number of hydrogen-bond donors (Lipinski definition) is 4. The number of carbonyl (C=O) groups is 3. The van der Waals surface area contributed by atoms with Crippen molar-refractivity contribution in [2.24, 2.45) is 5.73 Å². The van der Waals surface area contributed by atoms with Crippen LogP contribution < -0.4 is 25.8 Å². The highest BCUT2D eigenvalue weighted by atomic mass is 16.5. The van der Waals surface area contributed by atoms with Gasteiger partial charge in [-0.25, -0.2) is 0 Å². The molecule has 2 aliphatic rings. The van der Waals surface area contributed by atoms with Gasteiger partial charge in [0.25, 0.3) is 17.7 Å². The van der Waals surface area contributed by atoms with Crippen LogP contribution in [0.4, 0.5) is 0 Å². The number of carbonyl (C=O) groups excluding carboxylic acids is 3. The molecule has 6 aromatic carbocycles. The van der Waals surface area contributed by atoms with Crippen LogP contribution in [0.3, 0.4) is 0 Å². The molecular formula is C46H43N3O6. The van der Waals surface area contributed by atoms with Crippen molar-refractivity contribution in [3.05, 3.63) is 154 Å². The third kappa shape index (κ3) is 6.87. The lowest BCUT2D eigenvalue weighted by molar-refractivity contribution is -0.119. The summed E-state index contributed by atoms with van der Waals surface area (Å²) in [4.78, 5) is 39.3. The fraction of sp³-hybridized carbons (Fsp3) is 0.239. The molecule has 0 heterocycles. The van der Waals surface area contributed by atoms with Gasteiger partial charge in [0.2, 0.25) is 0 Å². The molecule has 8 rings (SSSR count). The molecule has 0 aromatic heterocycles. The number of aliphatic hydroxyl groups excluding tert-OH is 1. The van der Waals surface area contributed by atoms with Crippen LogP contribution in [0.1, 0.15) is 73.7 Å². The largest absolute Gasteiger partial charge is 0.491 e. The molecule has 9 nitrogen and oxygen atoms in total. The third-order valence-electron chi connectivity index (χ3n) is 11.1. The smallest absolute Gasteiger partial charge is 0.255 e. The quantitative estimate of drug-likeness (QED) is 0.100. The van der Waals surface area contributed by atoms with E-state index >= 15 is 0 Å². The SMILES string of the molecule is Cc1ccc(OCCO)cc1C(=O)NC1(c2cccc3cc(C4CC4(NC(=O)c4cc(OCC(N)=O)ccc4C)c4cccc5ccccc45)ccc23)CC1. The van der Waals surface area contributed by atoms with Crippen molar-refractivity contribution in [1.29, 1.82) is 0 Å². The predicted molar refractivity (Wildman–Crippen MR) is 212 cm³/mol. The number of aliphatic hydroxyl groups is 1. The van der Waals surface area contributed by atoms with Crippen LogP contribution in [0.25, 0.3) is 21.5 Å². The molecule has 5 N–H and O–H groups in total. The van der Waals surface area contributed by atoms with Gasteiger partial charge in [-0.15, -0.1) is 0 Å². The van der Waals surface area contributed by atoms with E-state index in [1.165, 1.54) is 0 Å². The Bertz CT molecular complexity index is 2490. The van der Waals surface area contributed by atoms with E-state index in [4.69, 9.17) is 15.2 Å². The molecule has 6 aromatic rings. The fourth-order valence-corrected chi connectivity index (χ4v) is 8.05. The highest BCUT2D eigenvalue weighted by molar-refractivity contribution is 5.99. The van der Waals surface area contributed by atoms with Crippen molar-refractivity contribution in [3.8, 4) is 11.5 Å². The van der Waals surface area contributed by atoms with Gasteiger partial charge in [0.05, 0.1) is 17.7 Å². The molecule has 2 atom stereocenters. The van der Waals surface area contributed by atoms with Crippen molar-refractivity contribution >= 4 is 39.3 Å². The standard InChI is InChI=1S/C46H43N3O6/c1-28-13-16-33(54-22-21-50)24-37(28)43(52)48-45(19-20-45)39-11-6-9-31-23-32(15-18-36(31)39)41-26-46(41,40-12-5-8-30-7-3-4-10-35(30)40)49-44(53)38-25-34(17-14-29(38)2)55-27-42(47)51/h3-18,23-25,41,50H,19-22,26-27H2,1-2H3,(H2,47,51)(H,48,52)(H,49,53). The van der Waals surface area contributed by atoms with Crippen LogP contribution in [-0.4, -0.2) is 42.6 Å². The van der Waals surface area contributed by atoms with Gasteiger partial charge in [0.1, 0.15) is 18.1 Å². The Morgan fingerprint density at radius 2 is 1.33 bits per heavy atom. The van der Waals surface area contributed by atoms with Crippen molar-refractivity contribution in [2.75, 3.05) is 19.8 Å². The van der Waals surface area contributed by atoms with Gasteiger partial charge in [0.15, 0.2) is 6.61 Å². The van der Waals surface area contributed by atoms with Gasteiger partial charge in [-0.2, -0.15) is 0 Å². The Hall–Kier alpha value is -6.19. The lowest BCUT2D eigenvalue weighted by atomic mass is 9.91. The van der Waals surface area contributed by atoms with Gasteiger partial charge < -0.3 is 30.9 Å². The second-order valence-corrected chi connectivity index (χ2v) is 14.8. The Kier molecular flexibility index (Phi) is 9.27. The Labute approximate surface area is 319 Å². The van der Waals surface area contributed by atoms with E-state index < -0.39 is 17.0 Å². The van der Waals surface area contributed by atoms with Gasteiger partial charge >= 0.3 is 0 Å². The minimum atomic E-state index is -0.682. The first kappa shape index (κ1) is 35.8. The number of rotatable bonds is 13. The van der Waals surface area contributed by atoms with Crippen molar-refractivity contribution in [1.82, 2.24) is 10.6 Å². The van der Waals surface area contributed by atoms with Crippen molar-refractivity contribution in [2.45, 2.75) is 50.1 Å². The number of amides is 3. The van der Waals surface area contributed by atoms with Crippen LogP contribution >= 0.6 is 0 Å². The minimum absolute atomic E-state index is 0.0113. The lowest BCUT2D eigenvalue weighted by Crippen LogP contribution is -2.37. The minimum Gasteiger partial charge on any atom is -0.491 e. The number of nitrogens with two attached hydrogens (primary N) is 1. The summed E-state index contributed by atoms with van der Waals surface area (Å²) in [6, 6.07) is 37.8. The van der Waals surface area contributed by atoms with Crippen molar-refractivity contribution in [3.63, 3.8) is 0 Å². The van der Waals surface area contributed by atoms with Gasteiger partial charge in [0, 0.05) is 17.0 Å². The molecule has 0 spiro atoms. The maximum Gasteiger partial charge on any atom is 0.255 e. The van der Waals surface area contributed by atoms with E-state index in [0.717, 1.165) is 62.2 Å². The summed E-state index contributed by atoms with van der Waals surface area (Å²) in [5, 5.41) is 20.3. The van der Waals surface area contributed by atoms with E-state index in [0.29, 0.717) is 29.0 Å². The number of aryl methyl sites for hydroxylation is 2. The Morgan fingerprint density at radius 3 is 2.02 bits per heavy atom. The summed E-state index contributed by atoms with van der Waals surface area (Å²) in [7, 11) is 0.